The fraction of sp³-hybridized carbons (Fsp3) is 0.462. The van der Waals surface area contributed by atoms with Gasteiger partial charge in [0, 0.05) is 0 Å². The van der Waals surface area contributed by atoms with E-state index in [9.17, 15) is 18.5 Å². The number of nitrogens with two attached hydrogens (primary N) is 1. The van der Waals surface area contributed by atoms with Crippen molar-refractivity contribution >= 4 is 40.6 Å². The molecule has 0 aliphatic carbocycles. The molecule has 0 aromatic carbocycles. The van der Waals surface area contributed by atoms with E-state index in [0.29, 0.717) is 4.73 Å². The number of ether oxygens (including phenoxy) is 2. The molecular formula is C13H6N5O15P3. The topological polar surface area (TPSA) is 231 Å². The zero-order valence-electron chi connectivity index (χ0n) is 16.7. The number of phosphoric acid groups is 3. The number of phosphoric ester groups is 3. The lowest BCUT2D eigenvalue weighted by atomic mass is 9.96. The van der Waals surface area contributed by atoms with Crippen LogP contribution in [0.3, 0.4) is 0 Å². The molecule has 8 bridgehead atoms. The predicted octanol–water partition coefficient (Wildman–Crippen LogP) is -0.574. The summed E-state index contributed by atoms with van der Waals surface area (Å²) in [6.45, 7) is -0.493. The average Bonchev–Trinajstić information content (AvgIpc) is 3.44. The molecule has 2 aromatic heterocycles. The highest BCUT2D eigenvalue weighted by atomic mass is 31.2. The second kappa shape index (κ2) is 5.28. The molecule has 20 nitrogen and oxygen atoms in total. The van der Waals surface area contributed by atoms with E-state index in [-0.39, 0.29) is 11.2 Å². The third kappa shape index (κ3) is 1.79. The molecule has 0 amide bonds. The van der Waals surface area contributed by atoms with E-state index in [1.807, 2.05) is 0 Å². The molecule has 2 aromatic rings. The molecule has 3 spiro atoms. The molecule has 9 aliphatic rings. The van der Waals surface area contributed by atoms with Crippen LogP contribution in [0.15, 0.2) is 4.79 Å². The highest BCUT2D eigenvalue weighted by Gasteiger charge is 3.06. The number of fused-ring (bicyclic) bond motifs is 1. The Bertz CT molecular complexity index is 1740. The second-order valence-electron chi connectivity index (χ2n) is 8.08. The van der Waals surface area contributed by atoms with E-state index in [1.165, 1.54) is 0 Å². The van der Waals surface area contributed by atoms with Crippen molar-refractivity contribution in [3.05, 3.63) is 10.4 Å². The quantitative estimate of drug-likeness (QED) is 0.355. The summed E-state index contributed by atoms with van der Waals surface area (Å²) in [5.41, 5.74) is 4.24. The molecule has 0 radical (unpaired) electrons. The molecule has 36 heavy (non-hydrogen) atoms. The summed E-state index contributed by atoms with van der Waals surface area (Å²) < 4.78 is 101. The summed E-state index contributed by atoms with van der Waals surface area (Å²) >= 11 is 0. The van der Waals surface area contributed by atoms with Gasteiger partial charge < -0.3 is 19.7 Å². The zero-order valence-corrected chi connectivity index (χ0v) is 19.4. The van der Waals surface area contributed by atoms with E-state index >= 15 is 0 Å². The molecule has 0 saturated carbocycles. The van der Waals surface area contributed by atoms with Gasteiger partial charge in [-0.25, -0.2) is 49.9 Å². The van der Waals surface area contributed by atoms with E-state index in [1.54, 1.807) is 0 Å². The van der Waals surface area contributed by atoms with Crippen molar-refractivity contribution in [1.82, 2.24) is 19.3 Å². The van der Waals surface area contributed by atoms with Gasteiger partial charge in [0.25, 0.3) is 5.79 Å². The highest BCUT2D eigenvalue weighted by molar-refractivity contribution is 7.51. The monoisotopic (exact) mass is 565 g/mol. The molecule has 7 fully saturated rings. The van der Waals surface area contributed by atoms with Gasteiger partial charge in [-0.3, -0.25) is 9.42 Å². The van der Waals surface area contributed by atoms with Crippen LogP contribution in [0.1, 0.15) is 6.23 Å². The number of nitrogen functional groups attached to an aromatic ring is 1. The molecule has 4 atom stereocenters. The van der Waals surface area contributed by atoms with Crippen LogP contribution >= 0.6 is 23.5 Å². The standard InChI is InChI=1S/C13H6N5O15P3/c1-2-3-23-13-12(30-36(22,31-13)32-13)11-10(27-35(21,28-11)29-11)7(24-12)17-6-4-5(19)16-8(14)18(6)33-34(20,26-10)25-9(17)15-4/h1,7H,3H2,(H2,14,16,19)/t7-,10?,11?,12+,13?,34?,35?,36?/m1/s1. The van der Waals surface area contributed by atoms with E-state index < -0.39 is 77.2 Å². The molecule has 23 heteroatoms. The van der Waals surface area contributed by atoms with Crippen molar-refractivity contribution in [2.75, 3.05) is 12.3 Å². The van der Waals surface area contributed by atoms with Gasteiger partial charge in [0.05, 0.1) is 0 Å². The molecule has 7 saturated heterocycles. The maximum atomic E-state index is 13.8. The van der Waals surface area contributed by atoms with Gasteiger partial charge >= 0.3 is 52.6 Å². The molecule has 11 heterocycles. The third-order valence-corrected chi connectivity index (χ3v) is 10.3. The maximum Gasteiger partial charge on any atom is 0.612 e. The van der Waals surface area contributed by atoms with Gasteiger partial charge in [-0.15, -0.1) is 11.2 Å². The molecule has 2 N–H and O–H groups in total. The number of anilines is 1. The first-order valence-corrected chi connectivity index (χ1v) is 14.0. The normalized spacial score (nSPS) is 51.6. The van der Waals surface area contributed by atoms with Crippen LogP contribution in [0.4, 0.5) is 5.95 Å². The minimum absolute atomic E-state index is 0.288. The van der Waals surface area contributed by atoms with Crippen molar-refractivity contribution in [3.63, 3.8) is 0 Å². The van der Waals surface area contributed by atoms with Crippen molar-refractivity contribution in [2.24, 2.45) is 0 Å². The van der Waals surface area contributed by atoms with Gasteiger partial charge in [0.2, 0.25) is 12.2 Å². The molecule has 2 unspecified atom stereocenters. The van der Waals surface area contributed by atoms with Crippen molar-refractivity contribution < 1.29 is 64.0 Å². The molecular weight excluding hydrogens is 559 g/mol. The van der Waals surface area contributed by atoms with Crippen molar-refractivity contribution in [1.29, 1.82) is 0 Å². The Morgan fingerprint density at radius 2 is 1.72 bits per heavy atom. The molecule has 9 aliphatic heterocycles. The largest absolute Gasteiger partial charge is 0.612 e. The van der Waals surface area contributed by atoms with Gasteiger partial charge in [-0.1, -0.05) is 5.92 Å². The van der Waals surface area contributed by atoms with Crippen molar-refractivity contribution in [2.45, 2.75) is 29.6 Å². The smallest absolute Gasteiger partial charge is 0.367 e. The predicted molar refractivity (Wildman–Crippen MR) is 99.7 cm³/mol. The van der Waals surface area contributed by atoms with Crippen LogP contribution in [0.5, 0.6) is 6.01 Å². The Hall–Kier alpha value is -2.36. The second-order valence-corrected chi connectivity index (χ2v) is 12.4. The lowest BCUT2D eigenvalue weighted by molar-refractivity contribution is -0.464. The van der Waals surface area contributed by atoms with Gasteiger partial charge in [-0.05, 0) is 0 Å². The summed E-state index contributed by atoms with van der Waals surface area (Å²) in [6.07, 6.45) is 3.43. The van der Waals surface area contributed by atoms with Crippen LogP contribution < -0.4 is 20.4 Å². The number of nitrogens with zero attached hydrogens (tertiary/aromatic N) is 4. The third-order valence-electron chi connectivity index (χ3n) is 6.21. The first-order chi connectivity index (χ1) is 17.0. The lowest BCUT2D eigenvalue weighted by Crippen LogP contribution is -2.72. The van der Waals surface area contributed by atoms with Crippen LogP contribution in [0.2, 0.25) is 0 Å². The first-order valence-electron chi connectivity index (χ1n) is 9.66. The van der Waals surface area contributed by atoms with Crippen LogP contribution in [-0.4, -0.2) is 49.2 Å². The van der Waals surface area contributed by atoms with Gasteiger partial charge in [0.1, 0.15) is 6.61 Å². The number of hydrogen-bond acceptors (Lipinski definition) is 18. The van der Waals surface area contributed by atoms with Crippen LogP contribution in [-0.2, 0) is 54.8 Å². The highest BCUT2D eigenvalue weighted by Crippen LogP contribution is 2.93. The molecule has 11 rings (SSSR count). The number of imidazole rings is 1. The number of terminal acetylenes is 1. The van der Waals surface area contributed by atoms with E-state index in [0.717, 1.165) is 4.57 Å². The Labute approximate surface area is 195 Å². The summed E-state index contributed by atoms with van der Waals surface area (Å²) in [5.74, 6) is -8.90. The Kier molecular flexibility index (Phi) is 3.03. The summed E-state index contributed by atoms with van der Waals surface area (Å²) in [4.78, 5) is 20.1. The van der Waals surface area contributed by atoms with Crippen LogP contribution in [0, 0.1) is 12.3 Å². The first kappa shape index (κ1) is 20.7. The fourth-order valence-electron chi connectivity index (χ4n) is 5.07. The zero-order chi connectivity index (χ0) is 24.7. The number of aromatic nitrogens is 4. The van der Waals surface area contributed by atoms with E-state index in [2.05, 4.69) is 15.9 Å². The summed E-state index contributed by atoms with van der Waals surface area (Å²) in [7, 11) is -13.7. The fourth-order valence-corrected chi connectivity index (χ4v) is 9.90. The van der Waals surface area contributed by atoms with Gasteiger partial charge in [0.15, 0.2) is 11.2 Å². The minimum Gasteiger partial charge on any atom is -0.367 e. The Balaban J connectivity index is 1.38. The van der Waals surface area contributed by atoms with E-state index in [4.69, 9.17) is 62.4 Å². The molecule has 188 valence electrons. The summed E-state index contributed by atoms with van der Waals surface area (Å²) in [5, 5.41) is 0. The number of rotatable bonds is 2. The summed E-state index contributed by atoms with van der Waals surface area (Å²) in [6, 6.07) is -0.554. The SMILES string of the molecule is C#CCOC12OP(=O)(O1)O[C@]21O[C@H]2n3c4nc5c(=O)nc(N)n(c53)OP(=O)(O4)OC23OP2(=O)OC31O2. The lowest BCUT2D eigenvalue weighted by Gasteiger charge is -2.46. The van der Waals surface area contributed by atoms with Crippen LogP contribution in [0.25, 0.3) is 11.2 Å². The Morgan fingerprint density at radius 3 is 2.47 bits per heavy atom. The maximum absolute atomic E-state index is 13.8. The minimum atomic E-state index is -4.92. The average molecular weight is 565 g/mol. The van der Waals surface area contributed by atoms with Gasteiger partial charge in [-0.2, -0.15) is 9.97 Å². The van der Waals surface area contributed by atoms with Crippen molar-refractivity contribution in [3.8, 4) is 18.4 Å². The number of hydrogen-bond donors (Lipinski definition) is 1. The Morgan fingerprint density at radius 1 is 1.03 bits per heavy atom.